The Bertz CT molecular complexity index is 1130. The summed E-state index contributed by atoms with van der Waals surface area (Å²) in [5, 5.41) is 3.63. The lowest BCUT2D eigenvalue weighted by Crippen LogP contribution is -2.39. The molecule has 0 saturated carbocycles. The number of thioether (sulfide) groups is 1. The van der Waals surface area contributed by atoms with Crippen molar-refractivity contribution in [1.82, 2.24) is 0 Å². The third-order valence-corrected chi connectivity index (χ3v) is 8.20. The maximum Gasteiger partial charge on any atom is 0.234 e. The predicted octanol–water partition coefficient (Wildman–Crippen LogP) is 3.03. The van der Waals surface area contributed by atoms with E-state index in [4.69, 9.17) is 4.74 Å². The highest BCUT2D eigenvalue weighted by molar-refractivity contribution is 8.14. The second-order valence-corrected chi connectivity index (χ2v) is 10.9. The number of carbonyl (C=O) groups is 1. The number of amides is 1. The molecule has 1 fully saturated rings. The molecule has 0 radical (unpaired) electrons. The molecule has 0 spiro atoms. The number of fused-ring (bicyclic) bond motifs is 1. The summed E-state index contributed by atoms with van der Waals surface area (Å²) in [6.45, 7) is 3.92. The Morgan fingerprint density at radius 2 is 1.87 bits per heavy atom. The Hall–Kier alpha value is -2.52. The molecule has 2 heterocycles. The standard InChI is InChI=1S/C22H25N3O4S2/c1-14-7-6-8-15(2)21(14)24-20(26)11-30-22-23-16-12-31(27,28)13-18(16)25(22)17-9-4-5-10-19(17)29-3/h4-10,16,18H,11-13H2,1-3H3,(H,24,26)/t16-,18-/m0/s1. The third kappa shape index (κ3) is 4.43. The van der Waals surface area contributed by atoms with E-state index in [0.29, 0.717) is 10.9 Å². The number of hydrogen-bond acceptors (Lipinski definition) is 7. The van der Waals surface area contributed by atoms with Crippen LogP contribution in [0.25, 0.3) is 0 Å². The minimum atomic E-state index is -3.15. The lowest BCUT2D eigenvalue weighted by molar-refractivity contribution is -0.113. The molecule has 31 heavy (non-hydrogen) atoms. The topological polar surface area (TPSA) is 88.1 Å². The van der Waals surface area contributed by atoms with Gasteiger partial charge in [-0.25, -0.2) is 8.42 Å². The molecule has 1 saturated heterocycles. The summed E-state index contributed by atoms with van der Waals surface area (Å²) in [5.74, 6) is 0.750. The van der Waals surface area contributed by atoms with E-state index in [9.17, 15) is 13.2 Å². The summed E-state index contributed by atoms with van der Waals surface area (Å²) in [4.78, 5) is 19.3. The van der Waals surface area contributed by atoms with Crippen LogP contribution in [0, 0.1) is 13.8 Å². The molecule has 0 aliphatic carbocycles. The van der Waals surface area contributed by atoms with Gasteiger partial charge in [0, 0.05) is 5.69 Å². The number of para-hydroxylation sites is 3. The predicted molar refractivity (Wildman–Crippen MR) is 126 cm³/mol. The summed E-state index contributed by atoms with van der Waals surface area (Å²) < 4.78 is 29.9. The van der Waals surface area contributed by atoms with Crippen LogP contribution in [0.4, 0.5) is 11.4 Å². The largest absolute Gasteiger partial charge is 0.495 e. The number of aliphatic imine (C=N–C) groups is 1. The van der Waals surface area contributed by atoms with Crippen molar-refractivity contribution in [2.45, 2.75) is 25.9 Å². The first-order valence-electron chi connectivity index (χ1n) is 9.98. The molecular weight excluding hydrogens is 434 g/mol. The van der Waals surface area contributed by atoms with Crippen molar-refractivity contribution < 1.29 is 17.9 Å². The van der Waals surface area contributed by atoms with E-state index in [1.807, 2.05) is 61.2 Å². The third-order valence-electron chi connectivity index (χ3n) is 5.53. The van der Waals surface area contributed by atoms with Gasteiger partial charge in [0.1, 0.15) is 5.75 Å². The molecule has 0 unspecified atom stereocenters. The number of nitrogens with zero attached hydrogens (tertiary/aromatic N) is 2. The smallest absolute Gasteiger partial charge is 0.234 e. The van der Waals surface area contributed by atoms with Crippen molar-refractivity contribution in [2.75, 3.05) is 34.6 Å². The quantitative estimate of drug-likeness (QED) is 0.740. The van der Waals surface area contributed by atoms with Gasteiger partial charge in [-0.2, -0.15) is 0 Å². The average Bonchev–Trinajstić information content (AvgIpc) is 3.20. The van der Waals surface area contributed by atoms with Gasteiger partial charge >= 0.3 is 0 Å². The minimum absolute atomic E-state index is 0.0297. The number of sulfone groups is 1. The highest BCUT2D eigenvalue weighted by Crippen LogP contribution is 2.39. The molecule has 2 aromatic rings. The zero-order valence-corrected chi connectivity index (χ0v) is 19.3. The number of methoxy groups -OCH3 is 1. The molecule has 1 amide bonds. The van der Waals surface area contributed by atoms with Gasteiger partial charge in [0.2, 0.25) is 5.91 Å². The second kappa shape index (κ2) is 8.55. The first kappa shape index (κ1) is 21.7. The molecule has 9 heteroatoms. The Morgan fingerprint density at radius 1 is 1.16 bits per heavy atom. The average molecular weight is 460 g/mol. The summed E-state index contributed by atoms with van der Waals surface area (Å²) >= 11 is 1.32. The first-order valence-corrected chi connectivity index (χ1v) is 12.8. The number of benzene rings is 2. The van der Waals surface area contributed by atoms with E-state index in [1.54, 1.807) is 7.11 Å². The summed E-state index contributed by atoms with van der Waals surface area (Å²) in [6.07, 6.45) is 0. The molecular formula is C22H25N3O4S2. The van der Waals surface area contributed by atoms with Crippen molar-refractivity contribution in [3.63, 3.8) is 0 Å². The number of ether oxygens (including phenoxy) is 1. The zero-order valence-electron chi connectivity index (χ0n) is 17.7. The van der Waals surface area contributed by atoms with Crippen molar-refractivity contribution in [2.24, 2.45) is 4.99 Å². The maximum atomic E-state index is 12.7. The SMILES string of the molecule is COc1ccccc1N1C(SCC(=O)Nc2c(C)cccc2C)=N[C@H]2CS(=O)(=O)C[C@@H]21. The van der Waals surface area contributed by atoms with Gasteiger partial charge in [0.05, 0.1) is 42.1 Å². The van der Waals surface area contributed by atoms with Crippen LogP contribution in [0.1, 0.15) is 11.1 Å². The number of carbonyl (C=O) groups excluding carboxylic acids is 1. The second-order valence-electron chi connectivity index (χ2n) is 7.77. The Balaban J connectivity index is 1.55. The first-order chi connectivity index (χ1) is 14.8. The van der Waals surface area contributed by atoms with E-state index in [-0.39, 0.29) is 35.2 Å². The molecule has 0 bridgehead atoms. The van der Waals surface area contributed by atoms with Gasteiger partial charge in [-0.15, -0.1) is 0 Å². The fourth-order valence-corrected chi connectivity index (χ4v) is 6.82. The highest BCUT2D eigenvalue weighted by atomic mass is 32.2. The number of aryl methyl sites for hydroxylation is 2. The van der Waals surface area contributed by atoms with E-state index in [1.165, 1.54) is 11.8 Å². The van der Waals surface area contributed by atoms with Gasteiger partial charge in [0.25, 0.3) is 0 Å². The molecule has 0 aromatic heterocycles. The molecule has 2 aliphatic heterocycles. The van der Waals surface area contributed by atoms with Crippen molar-refractivity contribution in [3.8, 4) is 5.75 Å². The lowest BCUT2D eigenvalue weighted by atomic mass is 10.1. The van der Waals surface area contributed by atoms with E-state index >= 15 is 0 Å². The normalized spacial score (nSPS) is 21.5. The molecule has 1 N–H and O–H groups in total. The maximum absolute atomic E-state index is 12.7. The van der Waals surface area contributed by atoms with E-state index < -0.39 is 9.84 Å². The number of anilines is 2. The molecule has 7 nitrogen and oxygen atoms in total. The van der Waals surface area contributed by atoms with Gasteiger partial charge in [-0.1, -0.05) is 42.1 Å². The lowest BCUT2D eigenvalue weighted by Gasteiger charge is -2.27. The van der Waals surface area contributed by atoms with Crippen LogP contribution < -0.4 is 15.0 Å². The van der Waals surface area contributed by atoms with E-state index in [2.05, 4.69) is 10.3 Å². The van der Waals surface area contributed by atoms with Gasteiger partial charge in [0.15, 0.2) is 15.0 Å². The molecule has 2 atom stereocenters. The van der Waals surface area contributed by atoms with Crippen LogP contribution in [0.15, 0.2) is 47.5 Å². The molecule has 4 rings (SSSR count). The summed E-state index contributed by atoms with van der Waals surface area (Å²) in [6, 6.07) is 12.7. The fraction of sp³-hybridized carbons (Fsp3) is 0.364. The van der Waals surface area contributed by atoms with Crippen LogP contribution in [0.2, 0.25) is 0 Å². The number of nitrogens with one attached hydrogen (secondary N) is 1. The Labute approximate surface area is 186 Å². The van der Waals surface area contributed by atoms with Crippen LogP contribution in [0.5, 0.6) is 5.75 Å². The molecule has 164 valence electrons. The fourth-order valence-electron chi connectivity index (χ4n) is 4.06. The van der Waals surface area contributed by atoms with Crippen LogP contribution in [-0.4, -0.2) is 55.9 Å². The number of hydrogen-bond donors (Lipinski definition) is 1. The molecule has 2 aromatic carbocycles. The van der Waals surface area contributed by atoms with Gasteiger partial charge in [-0.3, -0.25) is 9.79 Å². The molecule has 2 aliphatic rings. The van der Waals surface area contributed by atoms with Gasteiger partial charge < -0.3 is 15.0 Å². The Kier molecular flexibility index (Phi) is 5.98. The van der Waals surface area contributed by atoms with Crippen LogP contribution in [0.3, 0.4) is 0 Å². The van der Waals surface area contributed by atoms with Crippen LogP contribution >= 0.6 is 11.8 Å². The summed E-state index contributed by atoms with van der Waals surface area (Å²) in [5.41, 5.74) is 3.60. The number of rotatable bonds is 5. The Morgan fingerprint density at radius 3 is 2.58 bits per heavy atom. The monoisotopic (exact) mass is 459 g/mol. The van der Waals surface area contributed by atoms with Crippen molar-refractivity contribution >= 4 is 44.0 Å². The van der Waals surface area contributed by atoms with E-state index in [0.717, 1.165) is 22.5 Å². The van der Waals surface area contributed by atoms with Crippen molar-refractivity contribution in [3.05, 3.63) is 53.6 Å². The number of amidine groups is 1. The van der Waals surface area contributed by atoms with Crippen molar-refractivity contribution in [1.29, 1.82) is 0 Å². The van der Waals surface area contributed by atoms with Gasteiger partial charge in [-0.05, 0) is 37.1 Å². The highest BCUT2D eigenvalue weighted by Gasteiger charge is 2.47. The summed E-state index contributed by atoms with van der Waals surface area (Å²) in [7, 11) is -1.57. The van der Waals surface area contributed by atoms with Crippen LogP contribution in [-0.2, 0) is 14.6 Å². The minimum Gasteiger partial charge on any atom is -0.495 e. The zero-order chi connectivity index (χ0) is 22.2.